The number of aromatic nitrogens is 1. The van der Waals surface area contributed by atoms with E-state index in [4.69, 9.17) is 11.6 Å². The maximum Gasteiger partial charge on any atom is 0.258 e. The van der Waals surface area contributed by atoms with Crippen LogP contribution in [0.2, 0.25) is 5.02 Å². The quantitative estimate of drug-likeness (QED) is 0.622. The van der Waals surface area contributed by atoms with E-state index in [1.54, 1.807) is 50.6 Å². The number of amides is 2. The lowest BCUT2D eigenvalue weighted by Gasteiger charge is -2.20. The summed E-state index contributed by atoms with van der Waals surface area (Å²) < 4.78 is 0. The summed E-state index contributed by atoms with van der Waals surface area (Å²) in [5.41, 5.74) is 3.54. The Labute approximate surface area is 162 Å². The van der Waals surface area contributed by atoms with Gasteiger partial charge in [0, 0.05) is 47.8 Å². The van der Waals surface area contributed by atoms with E-state index in [0.29, 0.717) is 28.4 Å². The highest BCUT2D eigenvalue weighted by atomic mass is 35.5. The zero-order valence-electron chi connectivity index (χ0n) is 15.0. The fourth-order valence-electron chi connectivity index (χ4n) is 2.65. The zero-order valence-corrected chi connectivity index (χ0v) is 15.7. The number of hydrogen-bond donors (Lipinski definition) is 0. The van der Waals surface area contributed by atoms with Crippen LogP contribution < -0.4 is 9.80 Å². The van der Waals surface area contributed by atoms with Gasteiger partial charge in [-0.1, -0.05) is 29.8 Å². The lowest BCUT2D eigenvalue weighted by atomic mass is 10.1. The van der Waals surface area contributed by atoms with Crippen LogP contribution in [-0.4, -0.2) is 31.4 Å². The van der Waals surface area contributed by atoms with Crippen molar-refractivity contribution in [1.29, 1.82) is 0 Å². The molecule has 0 fully saturated rings. The molecule has 2 aromatic carbocycles. The summed E-state index contributed by atoms with van der Waals surface area (Å²) in [7, 11) is 3.30. The van der Waals surface area contributed by atoms with Crippen molar-refractivity contribution in [3.05, 3.63) is 77.4 Å². The Bertz CT molecular complexity index is 959. The standard InChI is InChI=1S/C21H18ClN3O2/c1-24(14-26)18-11-17(22)12-19(13-18)25(2)21(27)16-8-6-15(7-9-16)20-5-3-4-10-23-20/h3-14H,1-2H3. The van der Waals surface area contributed by atoms with E-state index in [1.165, 1.54) is 9.80 Å². The van der Waals surface area contributed by atoms with Crippen molar-refractivity contribution in [2.45, 2.75) is 0 Å². The van der Waals surface area contributed by atoms with Crippen LogP contribution in [0.5, 0.6) is 0 Å². The van der Waals surface area contributed by atoms with Crippen molar-refractivity contribution >= 4 is 35.3 Å². The van der Waals surface area contributed by atoms with Crippen LogP contribution in [0.1, 0.15) is 10.4 Å². The van der Waals surface area contributed by atoms with Crippen LogP contribution in [0, 0.1) is 0 Å². The highest BCUT2D eigenvalue weighted by molar-refractivity contribution is 6.31. The molecule has 0 aliphatic heterocycles. The molecule has 0 atom stereocenters. The molecule has 0 radical (unpaired) electrons. The van der Waals surface area contributed by atoms with Crippen molar-refractivity contribution in [3.63, 3.8) is 0 Å². The van der Waals surface area contributed by atoms with Gasteiger partial charge in [0.05, 0.1) is 5.69 Å². The molecule has 136 valence electrons. The SMILES string of the molecule is CN(C=O)c1cc(Cl)cc(N(C)C(=O)c2ccc(-c3ccccn3)cc2)c1. The van der Waals surface area contributed by atoms with Crippen LogP contribution in [0.4, 0.5) is 11.4 Å². The number of pyridine rings is 1. The van der Waals surface area contributed by atoms with Gasteiger partial charge in [0.2, 0.25) is 6.41 Å². The highest BCUT2D eigenvalue weighted by Crippen LogP contribution is 2.27. The topological polar surface area (TPSA) is 53.5 Å². The van der Waals surface area contributed by atoms with Crippen LogP contribution in [0.3, 0.4) is 0 Å². The number of halogens is 1. The molecule has 0 aliphatic carbocycles. The summed E-state index contributed by atoms with van der Waals surface area (Å²) in [5, 5.41) is 0.446. The van der Waals surface area contributed by atoms with Gasteiger partial charge in [0.15, 0.2) is 0 Å². The number of rotatable bonds is 5. The van der Waals surface area contributed by atoms with Crippen molar-refractivity contribution in [2.24, 2.45) is 0 Å². The zero-order chi connectivity index (χ0) is 19.4. The fraction of sp³-hybridized carbons (Fsp3) is 0.0952. The van der Waals surface area contributed by atoms with E-state index in [0.717, 1.165) is 11.3 Å². The van der Waals surface area contributed by atoms with Gasteiger partial charge < -0.3 is 9.80 Å². The molecule has 27 heavy (non-hydrogen) atoms. The molecule has 5 nitrogen and oxygen atoms in total. The van der Waals surface area contributed by atoms with Crippen LogP contribution in [0.15, 0.2) is 66.9 Å². The average molecular weight is 380 g/mol. The van der Waals surface area contributed by atoms with E-state index < -0.39 is 0 Å². The molecule has 0 aliphatic rings. The van der Waals surface area contributed by atoms with E-state index >= 15 is 0 Å². The molecule has 0 saturated heterocycles. The molecule has 3 aromatic rings. The second-order valence-corrected chi connectivity index (χ2v) is 6.48. The third-order valence-corrected chi connectivity index (χ3v) is 4.44. The summed E-state index contributed by atoms with van der Waals surface area (Å²) >= 11 is 6.15. The van der Waals surface area contributed by atoms with E-state index in [2.05, 4.69) is 4.98 Å². The number of carbonyl (C=O) groups is 2. The summed E-state index contributed by atoms with van der Waals surface area (Å²) in [6.07, 6.45) is 2.42. The third kappa shape index (κ3) is 4.15. The van der Waals surface area contributed by atoms with Gasteiger partial charge in [0.1, 0.15) is 0 Å². The fourth-order valence-corrected chi connectivity index (χ4v) is 2.87. The van der Waals surface area contributed by atoms with Gasteiger partial charge in [-0.05, 0) is 42.5 Å². The molecule has 3 rings (SSSR count). The van der Waals surface area contributed by atoms with Gasteiger partial charge in [-0.15, -0.1) is 0 Å². The monoisotopic (exact) mass is 379 g/mol. The summed E-state index contributed by atoms with van der Waals surface area (Å²) in [4.78, 5) is 31.0. The summed E-state index contributed by atoms with van der Waals surface area (Å²) in [6, 6.07) is 18.1. The largest absolute Gasteiger partial charge is 0.318 e. The molecule has 0 bridgehead atoms. The first-order valence-electron chi connectivity index (χ1n) is 8.28. The Morgan fingerprint density at radius 1 is 1.00 bits per heavy atom. The second kappa shape index (κ2) is 8.01. The first-order chi connectivity index (χ1) is 13.0. The smallest absolute Gasteiger partial charge is 0.258 e. The summed E-state index contributed by atoms with van der Waals surface area (Å²) in [6.45, 7) is 0. The number of hydrogen-bond acceptors (Lipinski definition) is 3. The van der Waals surface area contributed by atoms with E-state index in [9.17, 15) is 9.59 Å². The van der Waals surface area contributed by atoms with Crippen LogP contribution in [0.25, 0.3) is 11.3 Å². The predicted molar refractivity (Wildman–Crippen MR) is 108 cm³/mol. The molecule has 2 amide bonds. The molecule has 0 saturated carbocycles. The molecule has 0 spiro atoms. The Balaban J connectivity index is 1.85. The van der Waals surface area contributed by atoms with Crippen molar-refractivity contribution in [2.75, 3.05) is 23.9 Å². The highest BCUT2D eigenvalue weighted by Gasteiger charge is 2.16. The minimum Gasteiger partial charge on any atom is -0.318 e. The van der Waals surface area contributed by atoms with Gasteiger partial charge in [-0.2, -0.15) is 0 Å². The average Bonchev–Trinajstić information content (AvgIpc) is 2.72. The van der Waals surface area contributed by atoms with E-state index in [-0.39, 0.29) is 5.91 Å². The van der Waals surface area contributed by atoms with Gasteiger partial charge in [-0.25, -0.2) is 0 Å². The van der Waals surface area contributed by atoms with Gasteiger partial charge in [-0.3, -0.25) is 14.6 Å². The maximum atomic E-state index is 12.8. The molecule has 0 N–H and O–H groups in total. The second-order valence-electron chi connectivity index (χ2n) is 6.04. The minimum atomic E-state index is -0.176. The van der Waals surface area contributed by atoms with E-state index in [1.807, 2.05) is 30.3 Å². The number of carbonyl (C=O) groups excluding carboxylic acids is 2. The maximum absolute atomic E-state index is 12.8. The van der Waals surface area contributed by atoms with Crippen molar-refractivity contribution in [1.82, 2.24) is 4.98 Å². The lowest BCUT2D eigenvalue weighted by Crippen LogP contribution is -2.26. The minimum absolute atomic E-state index is 0.176. The van der Waals surface area contributed by atoms with Crippen molar-refractivity contribution < 1.29 is 9.59 Å². The van der Waals surface area contributed by atoms with Crippen LogP contribution in [-0.2, 0) is 4.79 Å². The Kier molecular flexibility index (Phi) is 5.52. The number of nitrogens with zero attached hydrogens (tertiary/aromatic N) is 3. The van der Waals surface area contributed by atoms with Crippen molar-refractivity contribution in [3.8, 4) is 11.3 Å². The summed E-state index contributed by atoms with van der Waals surface area (Å²) in [5.74, 6) is -0.176. The normalized spacial score (nSPS) is 10.3. The lowest BCUT2D eigenvalue weighted by molar-refractivity contribution is -0.107. The third-order valence-electron chi connectivity index (χ3n) is 4.22. The number of anilines is 2. The first kappa shape index (κ1) is 18.6. The molecule has 0 unspecified atom stereocenters. The number of benzene rings is 2. The van der Waals surface area contributed by atoms with Crippen LogP contribution >= 0.6 is 11.6 Å². The molecule has 1 aromatic heterocycles. The predicted octanol–water partition coefficient (Wildman–Crippen LogP) is 4.27. The van der Waals surface area contributed by atoms with Gasteiger partial charge in [0.25, 0.3) is 5.91 Å². The first-order valence-corrected chi connectivity index (χ1v) is 8.65. The molecule has 1 heterocycles. The van der Waals surface area contributed by atoms with Gasteiger partial charge >= 0.3 is 0 Å². The Hall–Kier alpha value is -3.18. The molecular weight excluding hydrogens is 362 g/mol. The Morgan fingerprint density at radius 3 is 2.33 bits per heavy atom. The Morgan fingerprint density at radius 2 is 1.70 bits per heavy atom. The molecule has 6 heteroatoms. The molecular formula is C21H18ClN3O2.